The fourth-order valence-corrected chi connectivity index (χ4v) is 7.06. The Balaban J connectivity index is 6.49. The zero-order valence-electron chi connectivity index (χ0n) is 19.4. The summed E-state index contributed by atoms with van der Waals surface area (Å²) in [5.74, 6) is 0. The Morgan fingerprint density at radius 2 is 0.962 bits per heavy atom. The highest BCUT2D eigenvalue weighted by molar-refractivity contribution is 7.59. The van der Waals surface area contributed by atoms with E-state index in [9.17, 15) is 0 Å². The molecule has 0 atom stereocenters. The van der Waals surface area contributed by atoms with Gasteiger partial charge in [-0.05, 0) is 61.4 Å². The van der Waals surface area contributed by atoms with Crippen molar-refractivity contribution in [3.63, 3.8) is 0 Å². The van der Waals surface area contributed by atoms with Crippen molar-refractivity contribution in [3.8, 4) is 0 Å². The van der Waals surface area contributed by atoms with Crippen LogP contribution in [-0.4, -0.2) is 110 Å². The summed E-state index contributed by atoms with van der Waals surface area (Å²) in [4.78, 5) is 10.4. The maximum Gasteiger partial charge on any atom is 0.186 e. The van der Waals surface area contributed by atoms with Crippen LogP contribution in [0.3, 0.4) is 0 Å². The van der Waals surface area contributed by atoms with Crippen LogP contribution in [0.15, 0.2) is 4.85 Å². The first-order valence-electron chi connectivity index (χ1n) is 10.2. The molecule has 26 heavy (non-hydrogen) atoms. The zero-order chi connectivity index (χ0) is 20.5. The fourth-order valence-electron chi connectivity index (χ4n) is 3.61. The molecule has 0 saturated heterocycles. The third-order valence-electron chi connectivity index (χ3n) is 5.09. The Labute approximate surface area is 164 Å². The largest absolute Gasteiger partial charge is 0.276 e. The summed E-state index contributed by atoms with van der Waals surface area (Å²) in [5, 5.41) is 2.20. The maximum absolute atomic E-state index is 5.34. The summed E-state index contributed by atoms with van der Waals surface area (Å²) in [5.41, 5.74) is 0. The van der Waals surface area contributed by atoms with Crippen LogP contribution in [0, 0.1) is 0 Å². The first-order chi connectivity index (χ1) is 12.2. The highest BCUT2D eigenvalue weighted by Gasteiger charge is 2.39. The summed E-state index contributed by atoms with van der Waals surface area (Å²) in [6.07, 6.45) is 0.220. The van der Waals surface area contributed by atoms with Crippen LogP contribution in [0.1, 0.15) is 41.5 Å². The second-order valence-corrected chi connectivity index (χ2v) is 10.3. The van der Waals surface area contributed by atoms with E-state index in [-0.39, 0.29) is 6.29 Å². The number of hydrogen-bond donors (Lipinski definition) is 0. The van der Waals surface area contributed by atoms with Crippen LogP contribution in [0.2, 0.25) is 0 Å². The van der Waals surface area contributed by atoms with E-state index in [1.807, 2.05) is 0 Å². The van der Waals surface area contributed by atoms with Gasteiger partial charge in [-0.15, -0.1) is 0 Å². The van der Waals surface area contributed by atoms with Crippen molar-refractivity contribution in [2.75, 3.05) is 74.5 Å². The van der Waals surface area contributed by atoms with E-state index in [4.69, 9.17) is 4.85 Å². The van der Waals surface area contributed by atoms with E-state index in [2.05, 4.69) is 106 Å². The lowest BCUT2D eigenvalue weighted by atomic mass is 10.4. The van der Waals surface area contributed by atoms with Gasteiger partial charge in [-0.2, -0.15) is 9.86 Å². The Morgan fingerprint density at radius 3 is 1.19 bits per heavy atom. The van der Waals surface area contributed by atoms with Gasteiger partial charge in [0.05, 0.1) is 0 Å². The number of rotatable bonds is 13. The van der Waals surface area contributed by atoms with E-state index < -0.39 is 7.51 Å². The third-order valence-corrected chi connectivity index (χ3v) is 8.78. The minimum absolute atomic E-state index is 0.220. The smallest absolute Gasteiger partial charge is 0.186 e. The quantitative estimate of drug-likeness (QED) is 0.272. The Kier molecular flexibility index (Phi) is 12.4. The van der Waals surface area contributed by atoms with Crippen LogP contribution >= 0.6 is 7.51 Å². The lowest BCUT2D eigenvalue weighted by molar-refractivity contribution is -0.0162. The van der Waals surface area contributed by atoms with E-state index in [1.54, 1.807) is 0 Å². The molecule has 0 aliphatic rings. The van der Waals surface area contributed by atoms with Crippen molar-refractivity contribution < 1.29 is 0 Å². The molecule has 0 rings (SSSR count). The predicted molar refractivity (Wildman–Crippen MR) is 117 cm³/mol. The topological polar surface area (TPSA) is 31.8 Å². The number of hydrogen-bond acceptors (Lipinski definition) is 3. The van der Waals surface area contributed by atoms with Crippen molar-refractivity contribution in [1.29, 1.82) is 0 Å². The molecule has 158 valence electrons. The van der Waals surface area contributed by atoms with Gasteiger partial charge in [0.1, 0.15) is 6.29 Å². The number of nitrogens with zero attached hydrogens (tertiary/aromatic N) is 7. The van der Waals surface area contributed by atoms with Gasteiger partial charge >= 0.3 is 0 Å². The van der Waals surface area contributed by atoms with E-state index in [0.717, 1.165) is 39.3 Å². The van der Waals surface area contributed by atoms with E-state index >= 15 is 0 Å². The molecule has 0 heterocycles. The second-order valence-electron chi connectivity index (χ2n) is 6.82. The summed E-state index contributed by atoms with van der Waals surface area (Å²) in [6, 6.07) is 0. The third kappa shape index (κ3) is 5.74. The normalized spacial score (nSPS) is 13.5. The molecule has 0 amide bonds. The zero-order valence-corrected chi connectivity index (χ0v) is 20.3. The molecule has 0 aromatic carbocycles. The molecule has 0 spiro atoms. The SMILES string of the molecule is CCN(CC)N=P(N(C)C)(N(C)C)N(C)C(N(CC)CC)N(CC)CC. The highest BCUT2D eigenvalue weighted by Crippen LogP contribution is 2.57. The van der Waals surface area contributed by atoms with Crippen LogP contribution in [0.25, 0.3) is 0 Å². The van der Waals surface area contributed by atoms with Gasteiger partial charge < -0.3 is 0 Å². The van der Waals surface area contributed by atoms with Crippen molar-refractivity contribution in [2.45, 2.75) is 47.8 Å². The monoisotopic (exact) mass is 391 g/mol. The molecule has 8 heteroatoms. The van der Waals surface area contributed by atoms with Gasteiger partial charge in [-0.3, -0.25) is 19.1 Å². The first-order valence-corrected chi connectivity index (χ1v) is 11.8. The molecule has 0 aliphatic heterocycles. The molecule has 0 N–H and O–H groups in total. The highest BCUT2D eigenvalue weighted by atomic mass is 31.2. The predicted octanol–water partition coefficient (Wildman–Crippen LogP) is 3.21. The molecule has 7 nitrogen and oxygen atoms in total. The summed E-state index contributed by atoms with van der Waals surface area (Å²) in [7, 11) is 8.84. The summed E-state index contributed by atoms with van der Waals surface area (Å²) >= 11 is 0. The van der Waals surface area contributed by atoms with Gasteiger partial charge in [0, 0.05) is 13.1 Å². The molecular formula is C18H46N7P. The van der Waals surface area contributed by atoms with Gasteiger partial charge in [0.25, 0.3) is 0 Å². The van der Waals surface area contributed by atoms with Crippen LogP contribution in [0.4, 0.5) is 0 Å². The molecule has 0 aromatic rings. The lowest BCUT2D eigenvalue weighted by Crippen LogP contribution is -2.58. The molecule has 0 radical (unpaired) electrons. The minimum Gasteiger partial charge on any atom is -0.276 e. The molecule has 0 fully saturated rings. The Morgan fingerprint density at radius 1 is 0.615 bits per heavy atom. The second kappa shape index (κ2) is 12.4. The van der Waals surface area contributed by atoms with E-state index in [0.29, 0.717) is 0 Å². The summed E-state index contributed by atoms with van der Waals surface area (Å²) < 4.78 is 7.17. The Hall–Kier alpha value is -0.0100. The molecule has 0 aromatic heterocycles. The van der Waals surface area contributed by atoms with Crippen LogP contribution in [0.5, 0.6) is 0 Å². The molecule has 0 saturated carbocycles. The molecule has 0 bridgehead atoms. The average Bonchev–Trinajstić information content (AvgIpc) is 2.62. The van der Waals surface area contributed by atoms with Crippen LogP contribution in [-0.2, 0) is 0 Å². The van der Waals surface area contributed by atoms with Crippen molar-refractivity contribution in [2.24, 2.45) is 4.85 Å². The first kappa shape index (κ1) is 26.0. The van der Waals surface area contributed by atoms with Gasteiger partial charge in [0.2, 0.25) is 0 Å². The standard InChI is InChI=1S/C18H46N7P/c1-12-23(13-2)18(24(14-3)15-4)22(11)26(20(7)8,21(9)10)19-25(16-5)17-6/h18H,12-17H2,1-11H3. The van der Waals surface area contributed by atoms with Crippen molar-refractivity contribution in [3.05, 3.63) is 0 Å². The van der Waals surface area contributed by atoms with Gasteiger partial charge in [0.15, 0.2) is 7.51 Å². The van der Waals surface area contributed by atoms with Crippen molar-refractivity contribution in [1.82, 2.24) is 28.8 Å². The van der Waals surface area contributed by atoms with Crippen LogP contribution < -0.4 is 0 Å². The Bertz CT molecular complexity index is 392. The maximum atomic E-state index is 5.34. The van der Waals surface area contributed by atoms with Gasteiger partial charge in [-0.25, -0.2) is 4.67 Å². The fraction of sp³-hybridized carbons (Fsp3) is 1.00. The molecular weight excluding hydrogens is 345 g/mol. The molecule has 0 aliphatic carbocycles. The van der Waals surface area contributed by atoms with Gasteiger partial charge in [-0.1, -0.05) is 41.5 Å². The van der Waals surface area contributed by atoms with E-state index in [1.165, 1.54) is 0 Å². The average molecular weight is 392 g/mol. The van der Waals surface area contributed by atoms with Crippen molar-refractivity contribution >= 4 is 7.51 Å². The lowest BCUT2D eigenvalue weighted by Gasteiger charge is -2.51. The summed E-state index contributed by atoms with van der Waals surface area (Å²) in [6.45, 7) is 19.3. The minimum atomic E-state index is -2.07. The molecule has 0 unspecified atom stereocenters.